The molecule has 1 N–H and O–H groups in total. The van der Waals surface area contributed by atoms with E-state index < -0.39 is 0 Å². The molecule has 5 heteroatoms. The van der Waals surface area contributed by atoms with E-state index in [1.54, 1.807) is 18.4 Å². The topological polar surface area (TPSA) is 41.6 Å². The zero-order chi connectivity index (χ0) is 14.4. The largest absolute Gasteiger partial charge is 0.381 e. The molecular weight excluding hydrogens is 272 g/mol. The number of ether oxygens (including phenoxy) is 1. The number of piperidine rings is 1. The van der Waals surface area contributed by atoms with Crippen LogP contribution in [0.5, 0.6) is 0 Å². The standard InChI is InChI=1S/C15H24N2O2S/c1-12(10-14-4-3-9-20-14)11-16-15(18)17-7-5-13(19-2)6-8-17/h3-4,9,12-13H,5-8,10-11H2,1-2H3,(H,16,18). The van der Waals surface area contributed by atoms with Crippen molar-refractivity contribution < 1.29 is 9.53 Å². The number of hydrogen-bond acceptors (Lipinski definition) is 3. The molecule has 1 aromatic rings. The first-order valence-corrected chi connectivity index (χ1v) is 8.15. The Kier molecular flexibility index (Phi) is 5.86. The molecule has 1 atom stereocenters. The van der Waals surface area contributed by atoms with Gasteiger partial charge in [-0.1, -0.05) is 13.0 Å². The van der Waals surface area contributed by atoms with Crippen molar-refractivity contribution in [3.8, 4) is 0 Å². The fourth-order valence-electron chi connectivity index (χ4n) is 2.51. The third-order valence-electron chi connectivity index (χ3n) is 3.79. The first-order chi connectivity index (χ1) is 9.69. The van der Waals surface area contributed by atoms with Gasteiger partial charge in [0.2, 0.25) is 0 Å². The van der Waals surface area contributed by atoms with Gasteiger partial charge < -0.3 is 15.0 Å². The normalized spacial score (nSPS) is 18.0. The molecule has 0 saturated carbocycles. The molecule has 1 aliphatic heterocycles. The number of rotatable bonds is 5. The maximum Gasteiger partial charge on any atom is 0.317 e. The molecule has 0 radical (unpaired) electrons. The van der Waals surface area contributed by atoms with Crippen molar-refractivity contribution in [1.29, 1.82) is 0 Å². The first kappa shape index (κ1) is 15.3. The van der Waals surface area contributed by atoms with Crippen molar-refractivity contribution in [2.75, 3.05) is 26.7 Å². The molecule has 2 rings (SSSR count). The van der Waals surface area contributed by atoms with Gasteiger partial charge in [-0.3, -0.25) is 0 Å². The Morgan fingerprint density at radius 3 is 2.90 bits per heavy atom. The number of carbonyl (C=O) groups excluding carboxylic acids is 1. The lowest BCUT2D eigenvalue weighted by Crippen LogP contribution is -2.46. The smallest absolute Gasteiger partial charge is 0.317 e. The quantitative estimate of drug-likeness (QED) is 0.908. The predicted molar refractivity (Wildman–Crippen MR) is 82.2 cm³/mol. The van der Waals surface area contributed by atoms with E-state index in [1.165, 1.54) is 4.88 Å². The van der Waals surface area contributed by atoms with Gasteiger partial charge in [0, 0.05) is 31.6 Å². The van der Waals surface area contributed by atoms with Crippen molar-refractivity contribution >= 4 is 17.4 Å². The summed E-state index contributed by atoms with van der Waals surface area (Å²) in [7, 11) is 1.74. The number of amides is 2. The van der Waals surface area contributed by atoms with Crippen LogP contribution < -0.4 is 5.32 Å². The van der Waals surface area contributed by atoms with E-state index >= 15 is 0 Å². The molecular formula is C15H24N2O2S. The van der Waals surface area contributed by atoms with E-state index in [9.17, 15) is 4.79 Å². The lowest BCUT2D eigenvalue weighted by Gasteiger charge is -2.31. The van der Waals surface area contributed by atoms with Crippen LogP contribution in [0.2, 0.25) is 0 Å². The van der Waals surface area contributed by atoms with Crippen molar-refractivity contribution in [1.82, 2.24) is 10.2 Å². The van der Waals surface area contributed by atoms with Gasteiger partial charge in [0.05, 0.1) is 6.10 Å². The molecule has 1 fully saturated rings. The van der Waals surface area contributed by atoms with Crippen LogP contribution in [-0.4, -0.2) is 43.8 Å². The number of methoxy groups -OCH3 is 1. The molecule has 4 nitrogen and oxygen atoms in total. The summed E-state index contributed by atoms with van der Waals surface area (Å²) in [5.74, 6) is 0.467. The lowest BCUT2D eigenvalue weighted by molar-refractivity contribution is 0.0502. The van der Waals surface area contributed by atoms with Gasteiger partial charge in [0.25, 0.3) is 0 Å². The van der Waals surface area contributed by atoms with E-state index in [4.69, 9.17) is 4.74 Å². The van der Waals surface area contributed by atoms with E-state index in [0.717, 1.165) is 38.9 Å². The Balaban J connectivity index is 1.67. The number of nitrogens with zero attached hydrogens (tertiary/aromatic N) is 1. The highest BCUT2D eigenvalue weighted by molar-refractivity contribution is 7.09. The molecule has 0 bridgehead atoms. The van der Waals surface area contributed by atoms with Gasteiger partial charge in [-0.15, -0.1) is 11.3 Å². The van der Waals surface area contributed by atoms with Crippen molar-refractivity contribution in [3.63, 3.8) is 0 Å². The maximum atomic E-state index is 12.1. The fraction of sp³-hybridized carbons (Fsp3) is 0.667. The minimum absolute atomic E-state index is 0.0672. The Labute approximate surface area is 125 Å². The van der Waals surface area contributed by atoms with Crippen LogP contribution >= 0.6 is 11.3 Å². The molecule has 1 aliphatic rings. The molecule has 2 amide bonds. The summed E-state index contributed by atoms with van der Waals surface area (Å²) < 4.78 is 5.32. The first-order valence-electron chi connectivity index (χ1n) is 7.27. The molecule has 0 aromatic carbocycles. The van der Waals surface area contributed by atoms with Gasteiger partial charge in [-0.25, -0.2) is 4.79 Å². The minimum Gasteiger partial charge on any atom is -0.381 e. The molecule has 0 aliphatic carbocycles. The second kappa shape index (κ2) is 7.64. The van der Waals surface area contributed by atoms with Crippen molar-refractivity contribution in [2.24, 2.45) is 5.92 Å². The third kappa shape index (κ3) is 4.49. The summed E-state index contributed by atoms with van der Waals surface area (Å²) in [4.78, 5) is 15.4. The lowest BCUT2D eigenvalue weighted by atomic mass is 10.1. The highest BCUT2D eigenvalue weighted by Crippen LogP contribution is 2.15. The molecule has 2 heterocycles. The van der Waals surface area contributed by atoms with Crippen molar-refractivity contribution in [3.05, 3.63) is 22.4 Å². The number of likely N-dealkylation sites (tertiary alicyclic amines) is 1. The highest BCUT2D eigenvalue weighted by Gasteiger charge is 2.22. The Hall–Kier alpha value is -1.07. The Bertz CT molecular complexity index is 400. The summed E-state index contributed by atoms with van der Waals surface area (Å²) in [5, 5.41) is 5.15. The summed E-state index contributed by atoms with van der Waals surface area (Å²) in [5.41, 5.74) is 0. The molecule has 20 heavy (non-hydrogen) atoms. The molecule has 112 valence electrons. The Morgan fingerprint density at radius 2 is 2.30 bits per heavy atom. The maximum absolute atomic E-state index is 12.1. The zero-order valence-electron chi connectivity index (χ0n) is 12.3. The van der Waals surface area contributed by atoms with Crippen LogP contribution in [0.1, 0.15) is 24.6 Å². The summed E-state index contributed by atoms with van der Waals surface area (Å²) in [6, 6.07) is 4.29. The number of carbonyl (C=O) groups is 1. The molecule has 0 spiro atoms. The second-order valence-electron chi connectivity index (χ2n) is 5.50. The molecule has 1 aromatic heterocycles. The average Bonchev–Trinajstić information content (AvgIpc) is 2.97. The third-order valence-corrected chi connectivity index (χ3v) is 4.69. The summed E-state index contributed by atoms with van der Waals surface area (Å²) >= 11 is 1.78. The monoisotopic (exact) mass is 296 g/mol. The van der Waals surface area contributed by atoms with Gasteiger partial charge in [0.1, 0.15) is 0 Å². The highest BCUT2D eigenvalue weighted by atomic mass is 32.1. The Morgan fingerprint density at radius 1 is 1.55 bits per heavy atom. The summed E-state index contributed by atoms with van der Waals surface area (Å²) in [6.07, 6.45) is 3.23. The number of urea groups is 1. The van der Waals surface area contributed by atoms with Gasteiger partial charge in [-0.2, -0.15) is 0 Å². The fourth-order valence-corrected chi connectivity index (χ4v) is 3.38. The van der Waals surface area contributed by atoms with E-state index in [2.05, 4.69) is 29.8 Å². The second-order valence-corrected chi connectivity index (χ2v) is 6.53. The molecule has 1 saturated heterocycles. The minimum atomic E-state index is 0.0672. The molecule has 1 unspecified atom stereocenters. The van der Waals surface area contributed by atoms with E-state index in [0.29, 0.717) is 12.0 Å². The van der Waals surface area contributed by atoms with Gasteiger partial charge in [0.15, 0.2) is 0 Å². The number of hydrogen-bond donors (Lipinski definition) is 1. The number of nitrogens with one attached hydrogen (secondary N) is 1. The number of thiophene rings is 1. The van der Waals surface area contributed by atoms with Crippen LogP contribution in [-0.2, 0) is 11.2 Å². The van der Waals surface area contributed by atoms with Crippen LogP contribution in [0.15, 0.2) is 17.5 Å². The van der Waals surface area contributed by atoms with Crippen LogP contribution in [0.25, 0.3) is 0 Å². The SMILES string of the molecule is COC1CCN(C(=O)NCC(C)Cc2cccs2)CC1. The zero-order valence-corrected chi connectivity index (χ0v) is 13.1. The van der Waals surface area contributed by atoms with Crippen LogP contribution in [0.3, 0.4) is 0 Å². The van der Waals surface area contributed by atoms with E-state index in [1.807, 2.05) is 4.90 Å². The van der Waals surface area contributed by atoms with Gasteiger partial charge in [-0.05, 0) is 36.6 Å². The van der Waals surface area contributed by atoms with Gasteiger partial charge >= 0.3 is 6.03 Å². The van der Waals surface area contributed by atoms with Crippen LogP contribution in [0, 0.1) is 5.92 Å². The average molecular weight is 296 g/mol. The van der Waals surface area contributed by atoms with Crippen molar-refractivity contribution in [2.45, 2.75) is 32.3 Å². The summed E-state index contributed by atoms with van der Waals surface area (Å²) in [6.45, 7) is 4.51. The van der Waals surface area contributed by atoms with E-state index in [-0.39, 0.29) is 6.03 Å². The predicted octanol–water partition coefficient (Wildman–Crippen LogP) is 2.75. The van der Waals surface area contributed by atoms with Crippen LogP contribution in [0.4, 0.5) is 4.79 Å².